The number of hydrogen-bond acceptors (Lipinski definition) is 14. The molecule has 2 fully saturated rings. The van der Waals surface area contributed by atoms with Gasteiger partial charge in [-0.2, -0.15) is 0 Å². The molecule has 15 heteroatoms. The van der Waals surface area contributed by atoms with Crippen molar-refractivity contribution in [3.05, 3.63) is 0 Å². The first kappa shape index (κ1) is 29.5. The highest BCUT2D eigenvalue weighted by atomic mass is 16.7. The Morgan fingerprint density at radius 1 is 0.838 bits per heavy atom. The van der Waals surface area contributed by atoms with E-state index in [4.69, 9.17) is 33.2 Å². The Morgan fingerprint density at radius 3 is 1.89 bits per heavy atom. The molecular formula is C22H29NO14. The molecule has 37 heavy (non-hydrogen) atoms. The molecule has 0 saturated carbocycles. The largest absolute Gasteiger partial charge is 0.463 e. The maximum atomic E-state index is 13.1. The Morgan fingerprint density at radius 2 is 1.41 bits per heavy atom. The van der Waals surface area contributed by atoms with Crippen LogP contribution in [0.25, 0.3) is 0 Å². The molecule has 0 spiro atoms. The monoisotopic (exact) mass is 531 g/mol. The highest BCUT2D eigenvalue weighted by Gasteiger charge is 2.69. The van der Waals surface area contributed by atoms with Gasteiger partial charge in [-0.1, -0.05) is 0 Å². The van der Waals surface area contributed by atoms with Crippen LogP contribution in [0, 0.1) is 0 Å². The van der Waals surface area contributed by atoms with Gasteiger partial charge in [0.05, 0.1) is 0 Å². The second-order valence-corrected chi connectivity index (χ2v) is 8.41. The van der Waals surface area contributed by atoms with E-state index in [1.807, 2.05) is 0 Å². The van der Waals surface area contributed by atoms with Gasteiger partial charge in [-0.3, -0.25) is 28.8 Å². The van der Waals surface area contributed by atoms with Crippen LogP contribution in [0.5, 0.6) is 0 Å². The van der Waals surface area contributed by atoms with E-state index in [0.717, 1.165) is 41.5 Å². The van der Waals surface area contributed by atoms with Crippen LogP contribution in [-0.4, -0.2) is 97.1 Å². The van der Waals surface area contributed by atoms with Crippen molar-refractivity contribution in [2.45, 2.75) is 83.7 Å². The van der Waals surface area contributed by atoms with Crippen LogP contribution in [0.15, 0.2) is 0 Å². The second-order valence-electron chi connectivity index (χ2n) is 8.41. The Kier molecular flexibility index (Phi) is 9.55. The highest BCUT2D eigenvalue weighted by Crippen LogP contribution is 2.43. The number of nitrogens with one attached hydrogen (secondary N) is 1. The summed E-state index contributed by atoms with van der Waals surface area (Å²) in [5.74, 6) is -5.98. The van der Waals surface area contributed by atoms with Crippen LogP contribution in [0.4, 0.5) is 0 Å². The maximum absolute atomic E-state index is 13.1. The highest BCUT2D eigenvalue weighted by molar-refractivity contribution is 5.80. The fourth-order valence-electron chi connectivity index (χ4n) is 4.21. The molecule has 206 valence electrons. The number of cyclic esters (lactones) is 1. The van der Waals surface area contributed by atoms with Crippen LogP contribution in [0.2, 0.25) is 0 Å². The van der Waals surface area contributed by atoms with Gasteiger partial charge in [0, 0.05) is 41.5 Å². The number of ether oxygens (including phenoxy) is 7. The molecule has 2 aliphatic rings. The fourth-order valence-corrected chi connectivity index (χ4v) is 4.21. The van der Waals surface area contributed by atoms with Gasteiger partial charge < -0.3 is 38.5 Å². The molecule has 7 atom stereocenters. The van der Waals surface area contributed by atoms with E-state index in [9.17, 15) is 33.6 Å². The van der Waals surface area contributed by atoms with E-state index in [0.29, 0.717) is 0 Å². The van der Waals surface area contributed by atoms with E-state index < -0.39 is 97.1 Å². The number of fused-ring (bicyclic) bond motifs is 2. The van der Waals surface area contributed by atoms with Crippen molar-refractivity contribution in [3.63, 3.8) is 0 Å². The number of carbonyl (C=O) groups is 7. The van der Waals surface area contributed by atoms with Crippen LogP contribution >= 0.6 is 0 Å². The third kappa shape index (κ3) is 7.15. The summed E-state index contributed by atoms with van der Waals surface area (Å²) < 4.78 is 37.6. The molecule has 2 saturated heterocycles. The second kappa shape index (κ2) is 12.0. The van der Waals surface area contributed by atoms with Gasteiger partial charge in [0.15, 0.2) is 36.1 Å². The van der Waals surface area contributed by atoms with Crippen LogP contribution < -0.4 is 5.32 Å². The van der Waals surface area contributed by atoms with Crippen LogP contribution in [0.3, 0.4) is 0 Å². The van der Waals surface area contributed by atoms with Crippen molar-refractivity contribution < 1.29 is 66.7 Å². The lowest BCUT2D eigenvalue weighted by Gasteiger charge is -2.56. The average molecular weight is 531 g/mol. The van der Waals surface area contributed by atoms with Crippen molar-refractivity contribution in [2.24, 2.45) is 0 Å². The standard InChI is InChI=1S/C22H29NO14/c1-9(24)23-19-17(35-14(6)29)16(34-13(5)28)18-21(30)36-20(22(19,37-18)8-32-11(3)26)15(33-12(4)27)7-31-10(2)25/h15-20H,7-8H2,1-6H3,(H,23,24)/t15-,16+,17+,18+,19-,20-,22-/m1/s1. The predicted octanol–water partition coefficient (Wildman–Crippen LogP) is -1.52. The van der Waals surface area contributed by atoms with E-state index in [2.05, 4.69) is 5.32 Å². The van der Waals surface area contributed by atoms with Crippen molar-refractivity contribution >= 4 is 41.7 Å². The van der Waals surface area contributed by atoms with Gasteiger partial charge in [0.1, 0.15) is 19.3 Å². The van der Waals surface area contributed by atoms with Crippen LogP contribution in [-0.2, 0) is 66.7 Å². The maximum Gasteiger partial charge on any atom is 0.339 e. The summed E-state index contributed by atoms with van der Waals surface area (Å²) in [6, 6.07) is -1.50. The first-order valence-corrected chi connectivity index (χ1v) is 11.1. The molecule has 1 amide bonds. The average Bonchev–Trinajstić information content (AvgIpc) is 2.75. The lowest BCUT2D eigenvalue weighted by atomic mass is 9.75. The van der Waals surface area contributed by atoms with Crippen molar-refractivity contribution in [3.8, 4) is 0 Å². The molecule has 2 heterocycles. The number of amides is 1. The van der Waals surface area contributed by atoms with Crippen molar-refractivity contribution in [1.29, 1.82) is 0 Å². The fraction of sp³-hybridized carbons (Fsp3) is 0.682. The Hall–Kier alpha value is -3.75. The normalized spacial score (nSPS) is 29.0. The zero-order chi connectivity index (χ0) is 28.1. The zero-order valence-electron chi connectivity index (χ0n) is 21.1. The van der Waals surface area contributed by atoms with Gasteiger partial charge in [-0.05, 0) is 0 Å². The molecular weight excluding hydrogens is 502 g/mol. The Bertz CT molecular complexity index is 963. The molecule has 0 aromatic carbocycles. The minimum atomic E-state index is -2.08. The number of carbonyl (C=O) groups excluding carboxylic acids is 7. The quantitative estimate of drug-likeness (QED) is 0.266. The molecule has 0 aromatic rings. The molecule has 15 nitrogen and oxygen atoms in total. The minimum Gasteiger partial charge on any atom is -0.463 e. The minimum absolute atomic E-state index is 0.624. The molecule has 2 aliphatic heterocycles. The number of hydrogen-bond donors (Lipinski definition) is 1. The SMILES string of the molecule is CC(=O)N[C@@H]1[C@@H](OC(C)=O)[C@H](OC(C)=O)[C@@H]2O[C@@]1(COC(C)=O)[C@@H]([C@@H](COC(C)=O)OC(C)=O)OC2=O. The summed E-state index contributed by atoms with van der Waals surface area (Å²) in [7, 11) is 0. The molecule has 0 unspecified atom stereocenters. The molecule has 2 bridgehead atoms. The summed E-state index contributed by atoms with van der Waals surface area (Å²) in [4.78, 5) is 84.4. The van der Waals surface area contributed by atoms with Gasteiger partial charge in [-0.15, -0.1) is 0 Å². The van der Waals surface area contributed by atoms with Crippen molar-refractivity contribution in [2.75, 3.05) is 13.2 Å². The van der Waals surface area contributed by atoms with E-state index in [-0.39, 0.29) is 0 Å². The summed E-state index contributed by atoms with van der Waals surface area (Å²) in [6.07, 6.45) is -8.05. The molecule has 2 rings (SSSR count). The smallest absolute Gasteiger partial charge is 0.339 e. The van der Waals surface area contributed by atoms with Crippen LogP contribution in [0.1, 0.15) is 41.5 Å². The van der Waals surface area contributed by atoms with Crippen molar-refractivity contribution in [1.82, 2.24) is 5.32 Å². The lowest BCUT2D eigenvalue weighted by Crippen LogP contribution is -2.81. The molecule has 0 aromatic heterocycles. The molecule has 0 aliphatic carbocycles. The summed E-state index contributed by atoms with van der Waals surface area (Å²) in [5, 5.41) is 2.52. The Balaban J connectivity index is 2.77. The third-order valence-corrected chi connectivity index (χ3v) is 5.35. The number of rotatable bonds is 9. The summed E-state index contributed by atoms with van der Waals surface area (Å²) >= 11 is 0. The number of esters is 6. The summed E-state index contributed by atoms with van der Waals surface area (Å²) in [6.45, 7) is 5.04. The summed E-state index contributed by atoms with van der Waals surface area (Å²) in [5.41, 5.74) is -2.08. The molecule has 0 radical (unpaired) electrons. The van der Waals surface area contributed by atoms with Gasteiger partial charge in [0.25, 0.3) is 0 Å². The predicted molar refractivity (Wildman–Crippen MR) is 115 cm³/mol. The van der Waals surface area contributed by atoms with E-state index in [1.165, 1.54) is 0 Å². The first-order chi connectivity index (χ1) is 17.2. The third-order valence-electron chi connectivity index (χ3n) is 5.35. The topological polar surface area (TPSA) is 196 Å². The van der Waals surface area contributed by atoms with Gasteiger partial charge >= 0.3 is 35.8 Å². The lowest BCUT2D eigenvalue weighted by molar-refractivity contribution is -0.318. The van der Waals surface area contributed by atoms with E-state index in [1.54, 1.807) is 0 Å². The van der Waals surface area contributed by atoms with Gasteiger partial charge in [0.2, 0.25) is 5.91 Å². The first-order valence-electron chi connectivity index (χ1n) is 11.1. The van der Waals surface area contributed by atoms with E-state index >= 15 is 0 Å². The zero-order valence-corrected chi connectivity index (χ0v) is 21.1. The molecule has 1 N–H and O–H groups in total. The van der Waals surface area contributed by atoms with Gasteiger partial charge in [-0.25, -0.2) is 4.79 Å². The Labute approximate surface area is 211 Å².